The first kappa shape index (κ1) is 12.6. The molecule has 0 bridgehead atoms. The molecule has 0 aromatic carbocycles. The summed E-state index contributed by atoms with van der Waals surface area (Å²) in [5.41, 5.74) is 0. The highest BCUT2D eigenvalue weighted by Crippen LogP contribution is 2.10. The van der Waals surface area contributed by atoms with Crippen LogP contribution >= 0.6 is 0 Å². The van der Waals surface area contributed by atoms with E-state index >= 15 is 0 Å². The standard InChI is InChI=1S/C13H24N4/c1-16(11-12-17-9-4-8-15-17)10-6-13-5-2-3-7-14-13/h4,8-9,13-14H,2-3,5-7,10-12H2,1H3. The molecule has 0 amide bonds. The highest BCUT2D eigenvalue weighted by Gasteiger charge is 2.12. The Morgan fingerprint density at radius 3 is 3.06 bits per heavy atom. The van der Waals surface area contributed by atoms with E-state index < -0.39 is 0 Å². The van der Waals surface area contributed by atoms with Gasteiger partial charge in [0.25, 0.3) is 0 Å². The minimum Gasteiger partial charge on any atom is -0.314 e. The van der Waals surface area contributed by atoms with Crippen LogP contribution in [0.5, 0.6) is 0 Å². The fourth-order valence-corrected chi connectivity index (χ4v) is 2.36. The van der Waals surface area contributed by atoms with Crippen LogP contribution in [0.25, 0.3) is 0 Å². The van der Waals surface area contributed by atoms with Crippen LogP contribution in [0, 0.1) is 0 Å². The molecule has 0 spiro atoms. The second kappa shape index (κ2) is 6.77. The summed E-state index contributed by atoms with van der Waals surface area (Å²) >= 11 is 0. The fourth-order valence-electron chi connectivity index (χ4n) is 2.36. The Balaban J connectivity index is 1.58. The molecule has 1 saturated heterocycles. The van der Waals surface area contributed by atoms with Crippen LogP contribution in [0.15, 0.2) is 18.5 Å². The molecule has 1 aromatic rings. The van der Waals surface area contributed by atoms with Crippen molar-refractivity contribution in [1.82, 2.24) is 20.0 Å². The van der Waals surface area contributed by atoms with E-state index in [1.165, 1.54) is 38.8 Å². The predicted octanol–water partition coefficient (Wildman–Crippen LogP) is 1.35. The van der Waals surface area contributed by atoms with Gasteiger partial charge in [0.05, 0.1) is 6.54 Å². The average Bonchev–Trinajstić information content (AvgIpc) is 2.88. The van der Waals surface area contributed by atoms with Gasteiger partial charge in [0.15, 0.2) is 0 Å². The first-order chi connectivity index (χ1) is 8.34. The van der Waals surface area contributed by atoms with Crippen molar-refractivity contribution in [2.45, 2.75) is 38.3 Å². The van der Waals surface area contributed by atoms with Crippen molar-refractivity contribution >= 4 is 0 Å². The molecule has 1 aromatic heterocycles. The topological polar surface area (TPSA) is 33.1 Å². The smallest absolute Gasteiger partial charge is 0.0536 e. The number of nitrogens with one attached hydrogen (secondary N) is 1. The molecular formula is C13H24N4. The van der Waals surface area contributed by atoms with Crippen LogP contribution in [0.3, 0.4) is 0 Å². The zero-order chi connectivity index (χ0) is 11.9. The lowest BCUT2D eigenvalue weighted by atomic mass is 10.0. The Hall–Kier alpha value is -0.870. The van der Waals surface area contributed by atoms with Gasteiger partial charge < -0.3 is 10.2 Å². The Morgan fingerprint density at radius 2 is 2.35 bits per heavy atom. The van der Waals surface area contributed by atoms with Gasteiger partial charge >= 0.3 is 0 Å². The van der Waals surface area contributed by atoms with Gasteiger partial charge in [-0.15, -0.1) is 0 Å². The summed E-state index contributed by atoms with van der Waals surface area (Å²) in [6.07, 6.45) is 9.24. The van der Waals surface area contributed by atoms with Gasteiger partial charge in [-0.25, -0.2) is 0 Å². The molecule has 2 rings (SSSR count). The SMILES string of the molecule is CN(CCC1CCCCN1)CCn1cccn1. The second-order valence-corrected chi connectivity index (χ2v) is 5.01. The molecule has 1 aliphatic rings. The van der Waals surface area contributed by atoms with Crippen molar-refractivity contribution in [2.24, 2.45) is 0 Å². The maximum absolute atomic E-state index is 4.22. The van der Waals surface area contributed by atoms with E-state index in [4.69, 9.17) is 0 Å². The normalized spacial score (nSPS) is 20.9. The third-order valence-electron chi connectivity index (χ3n) is 3.54. The summed E-state index contributed by atoms with van der Waals surface area (Å²) in [5.74, 6) is 0. The lowest BCUT2D eigenvalue weighted by Crippen LogP contribution is -2.37. The molecule has 4 nitrogen and oxygen atoms in total. The van der Waals surface area contributed by atoms with E-state index in [9.17, 15) is 0 Å². The van der Waals surface area contributed by atoms with E-state index in [0.717, 1.165) is 19.1 Å². The molecule has 2 heterocycles. The number of hydrogen-bond acceptors (Lipinski definition) is 3. The van der Waals surface area contributed by atoms with Crippen molar-refractivity contribution in [1.29, 1.82) is 0 Å². The molecule has 1 fully saturated rings. The van der Waals surface area contributed by atoms with Gasteiger partial charge in [-0.3, -0.25) is 4.68 Å². The van der Waals surface area contributed by atoms with Crippen LogP contribution in [-0.2, 0) is 6.54 Å². The Morgan fingerprint density at radius 1 is 1.41 bits per heavy atom. The number of hydrogen-bond donors (Lipinski definition) is 1. The van der Waals surface area contributed by atoms with Crippen molar-refractivity contribution in [3.63, 3.8) is 0 Å². The summed E-state index contributed by atoms with van der Waals surface area (Å²) in [4.78, 5) is 2.40. The van der Waals surface area contributed by atoms with Crippen LogP contribution in [0.2, 0.25) is 0 Å². The van der Waals surface area contributed by atoms with Crippen LogP contribution in [-0.4, -0.2) is 47.4 Å². The first-order valence-corrected chi connectivity index (χ1v) is 6.74. The molecule has 0 aliphatic carbocycles. The second-order valence-electron chi connectivity index (χ2n) is 5.01. The molecule has 0 radical (unpaired) electrons. The highest BCUT2D eigenvalue weighted by molar-refractivity contribution is 4.78. The van der Waals surface area contributed by atoms with Gasteiger partial charge in [-0.05, 0) is 45.5 Å². The third kappa shape index (κ3) is 4.48. The Labute approximate surface area is 104 Å². The van der Waals surface area contributed by atoms with Gasteiger partial charge in [0.1, 0.15) is 0 Å². The van der Waals surface area contributed by atoms with E-state index in [2.05, 4.69) is 22.4 Å². The molecule has 1 unspecified atom stereocenters. The number of piperidine rings is 1. The number of nitrogens with zero attached hydrogens (tertiary/aromatic N) is 3. The molecule has 4 heteroatoms. The highest BCUT2D eigenvalue weighted by atomic mass is 15.3. The largest absolute Gasteiger partial charge is 0.314 e. The summed E-state index contributed by atoms with van der Waals surface area (Å²) in [5, 5.41) is 7.82. The number of aromatic nitrogens is 2. The van der Waals surface area contributed by atoms with Crippen LogP contribution < -0.4 is 5.32 Å². The van der Waals surface area contributed by atoms with E-state index in [1.54, 1.807) is 0 Å². The molecule has 1 N–H and O–H groups in total. The monoisotopic (exact) mass is 236 g/mol. The van der Waals surface area contributed by atoms with Crippen molar-refractivity contribution in [3.05, 3.63) is 18.5 Å². The summed E-state index contributed by atoms with van der Waals surface area (Å²) in [7, 11) is 2.20. The first-order valence-electron chi connectivity index (χ1n) is 6.74. The molecule has 96 valence electrons. The number of rotatable bonds is 6. The third-order valence-corrected chi connectivity index (χ3v) is 3.54. The van der Waals surface area contributed by atoms with Gasteiger partial charge in [-0.1, -0.05) is 6.42 Å². The Kier molecular flexibility index (Phi) is 5.01. The fraction of sp³-hybridized carbons (Fsp3) is 0.769. The lowest BCUT2D eigenvalue weighted by molar-refractivity contribution is 0.275. The van der Waals surface area contributed by atoms with Crippen molar-refractivity contribution in [3.8, 4) is 0 Å². The Bertz CT molecular complexity index is 290. The molecule has 0 saturated carbocycles. The van der Waals surface area contributed by atoms with Gasteiger partial charge in [0, 0.05) is 25.0 Å². The van der Waals surface area contributed by atoms with Crippen LogP contribution in [0.1, 0.15) is 25.7 Å². The molecular weight excluding hydrogens is 212 g/mol. The summed E-state index contributed by atoms with van der Waals surface area (Å²) in [6.45, 7) is 4.45. The maximum atomic E-state index is 4.22. The summed E-state index contributed by atoms with van der Waals surface area (Å²) < 4.78 is 2.00. The number of likely N-dealkylation sites (N-methyl/N-ethyl adjacent to an activating group) is 1. The maximum Gasteiger partial charge on any atom is 0.0536 e. The predicted molar refractivity (Wildman–Crippen MR) is 70.0 cm³/mol. The van der Waals surface area contributed by atoms with Crippen molar-refractivity contribution in [2.75, 3.05) is 26.7 Å². The average molecular weight is 236 g/mol. The van der Waals surface area contributed by atoms with Gasteiger partial charge in [-0.2, -0.15) is 5.10 Å². The van der Waals surface area contributed by atoms with Gasteiger partial charge in [0.2, 0.25) is 0 Å². The van der Waals surface area contributed by atoms with E-state index in [-0.39, 0.29) is 0 Å². The molecule has 1 aliphatic heterocycles. The molecule has 17 heavy (non-hydrogen) atoms. The van der Waals surface area contributed by atoms with Crippen LogP contribution in [0.4, 0.5) is 0 Å². The zero-order valence-corrected chi connectivity index (χ0v) is 10.8. The minimum atomic E-state index is 0.746. The van der Waals surface area contributed by atoms with E-state index in [1.807, 2.05) is 23.1 Å². The zero-order valence-electron chi connectivity index (χ0n) is 10.8. The minimum absolute atomic E-state index is 0.746. The van der Waals surface area contributed by atoms with Crippen molar-refractivity contribution < 1.29 is 0 Å². The summed E-state index contributed by atoms with van der Waals surface area (Å²) in [6, 6.07) is 2.72. The van der Waals surface area contributed by atoms with E-state index in [0.29, 0.717) is 0 Å². The molecule has 1 atom stereocenters. The lowest BCUT2D eigenvalue weighted by Gasteiger charge is -2.25. The quantitative estimate of drug-likeness (QED) is 0.809.